The van der Waals surface area contributed by atoms with Gasteiger partial charge in [0.25, 0.3) is 0 Å². The lowest BCUT2D eigenvalue weighted by Gasteiger charge is -2.31. The van der Waals surface area contributed by atoms with Crippen LogP contribution in [0.3, 0.4) is 0 Å². The maximum atomic E-state index is 11.2. The molecule has 3 unspecified atom stereocenters. The van der Waals surface area contributed by atoms with Gasteiger partial charge >= 0.3 is 11.9 Å². The van der Waals surface area contributed by atoms with Gasteiger partial charge in [-0.05, 0) is 23.8 Å². The van der Waals surface area contributed by atoms with Crippen LogP contribution in [0.5, 0.6) is 0 Å². The number of halogens is 1. The van der Waals surface area contributed by atoms with Crippen molar-refractivity contribution in [3.8, 4) is 0 Å². The fourth-order valence-electron chi connectivity index (χ4n) is 2.16. The van der Waals surface area contributed by atoms with Gasteiger partial charge in [0.2, 0.25) is 0 Å². The Morgan fingerprint density at radius 2 is 2.00 bits per heavy atom. The number of esters is 2. The number of ether oxygens (including phenoxy) is 3. The summed E-state index contributed by atoms with van der Waals surface area (Å²) in [6.07, 6.45) is 2.21. The van der Waals surface area contributed by atoms with E-state index < -0.39 is 24.1 Å². The predicted molar refractivity (Wildman–Crippen MR) is 83.1 cm³/mol. The molecule has 22 heavy (non-hydrogen) atoms. The Morgan fingerprint density at radius 3 is 2.64 bits per heavy atom. The number of carbonyl (C=O) groups is 2. The van der Waals surface area contributed by atoms with Crippen LogP contribution in [0.4, 0.5) is 0 Å². The van der Waals surface area contributed by atoms with E-state index in [0.717, 1.165) is 10.0 Å². The van der Waals surface area contributed by atoms with E-state index in [9.17, 15) is 9.59 Å². The second-order valence-corrected chi connectivity index (χ2v) is 5.83. The van der Waals surface area contributed by atoms with Crippen molar-refractivity contribution >= 4 is 27.9 Å². The molecule has 3 atom stereocenters. The molecule has 1 heterocycles. The third-order valence-corrected chi connectivity index (χ3v) is 3.59. The molecule has 0 aromatic heterocycles. The number of hydrogen-bond acceptors (Lipinski definition) is 5. The first-order chi connectivity index (χ1) is 10.5. The van der Waals surface area contributed by atoms with Crippen LogP contribution in [0, 0.1) is 0 Å². The lowest BCUT2D eigenvalue weighted by molar-refractivity contribution is -0.163. The lowest BCUT2D eigenvalue weighted by Crippen LogP contribution is -2.39. The smallest absolute Gasteiger partial charge is 0.303 e. The van der Waals surface area contributed by atoms with Crippen LogP contribution in [0.25, 0.3) is 0 Å². The molecule has 0 radical (unpaired) electrons. The third-order valence-electron chi connectivity index (χ3n) is 3.09. The minimum absolute atomic E-state index is 0.0299. The van der Waals surface area contributed by atoms with Gasteiger partial charge in [-0.3, -0.25) is 9.59 Å². The number of hydrogen-bond donors (Lipinski definition) is 0. The molecule has 1 aliphatic heterocycles. The lowest BCUT2D eigenvalue weighted by atomic mass is 10.0. The molecule has 0 amide bonds. The number of benzene rings is 1. The highest BCUT2D eigenvalue weighted by Crippen LogP contribution is 2.29. The predicted octanol–water partition coefficient (Wildman–Crippen LogP) is 2.94. The van der Waals surface area contributed by atoms with Gasteiger partial charge in [0, 0.05) is 18.3 Å². The molecule has 1 aromatic rings. The van der Waals surface area contributed by atoms with Gasteiger partial charge in [0.15, 0.2) is 0 Å². The van der Waals surface area contributed by atoms with Gasteiger partial charge in [-0.2, -0.15) is 0 Å². The Labute approximate surface area is 137 Å². The average Bonchev–Trinajstić information content (AvgIpc) is 2.45. The first kappa shape index (κ1) is 16.7. The fourth-order valence-corrected chi connectivity index (χ4v) is 2.58. The second-order valence-electron chi connectivity index (χ2n) is 4.91. The summed E-state index contributed by atoms with van der Waals surface area (Å²) < 4.78 is 17.1. The van der Waals surface area contributed by atoms with Crippen LogP contribution in [-0.2, 0) is 23.8 Å². The highest BCUT2D eigenvalue weighted by molar-refractivity contribution is 9.10. The molecule has 118 valence electrons. The van der Waals surface area contributed by atoms with Crippen molar-refractivity contribution in [1.82, 2.24) is 0 Å². The van der Waals surface area contributed by atoms with Crippen molar-refractivity contribution in [3.63, 3.8) is 0 Å². The van der Waals surface area contributed by atoms with Crippen molar-refractivity contribution in [2.24, 2.45) is 0 Å². The summed E-state index contributed by atoms with van der Waals surface area (Å²) in [5.74, 6) is -0.814. The zero-order valence-corrected chi connectivity index (χ0v) is 13.9. The van der Waals surface area contributed by atoms with Crippen LogP contribution >= 0.6 is 15.9 Å². The van der Waals surface area contributed by atoms with Crippen LogP contribution in [0.2, 0.25) is 0 Å². The summed E-state index contributed by atoms with van der Waals surface area (Å²) in [6.45, 7) is 2.69. The van der Waals surface area contributed by atoms with E-state index in [1.54, 1.807) is 6.08 Å². The van der Waals surface area contributed by atoms with Gasteiger partial charge in [0.1, 0.15) is 24.9 Å². The number of carbonyl (C=O) groups excluding carboxylic acids is 2. The molecule has 1 aromatic carbocycles. The van der Waals surface area contributed by atoms with E-state index in [-0.39, 0.29) is 12.7 Å². The van der Waals surface area contributed by atoms with Crippen LogP contribution in [0.1, 0.15) is 25.5 Å². The molecule has 5 nitrogen and oxygen atoms in total. The maximum Gasteiger partial charge on any atom is 0.303 e. The van der Waals surface area contributed by atoms with Crippen molar-refractivity contribution in [3.05, 3.63) is 46.5 Å². The van der Waals surface area contributed by atoms with E-state index in [2.05, 4.69) is 15.9 Å². The van der Waals surface area contributed by atoms with E-state index in [0.29, 0.717) is 0 Å². The highest BCUT2D eigenvalue weighted by Gasteiger charge is 2.31. The SMILES string of the molecule is CC(=O)OCC1OC(c2cccc(Br)c2)C=CC1OC(C)=O. The molecular formula is C16H17BrO5. The largest absolute Gasteiger partial charge is 0.463 e. The highest BCUT2D eigenvalue weighted by atomic mass is 79.9. The molecule has 0 saturated carbocycles. The Kier molecular flexibility index (Phi) is 5.74. The molecular weight excluding hydrogens is 352 g/mol. The average molecular weight is 369 g/mol. The van der Waals surface area contributed by atoms with Crippen molar-refractivity contribution in [1.29, 1.82) is 0 Å². The summed E-state index contributed by atoms with van der Waals surface area (Å²) in [5.41, 5.74) is 0.958. The van der Waals surface area contributed by atoms with Gasteiger partial charge in [0.05, 0.1) is 0 Å². The summed E-state index contributed by atoms with van der Waals surface area (Å²) in [4.78, 5) is 22.2. The third kappa shape index (κ3) is 4.68. The van der Waals surface area contributed by atoms with Gasteiger partial charge < -0.3 is 14.2 Å². The maximum absolute atomic E-state index is 11.2. The summed E-state index contributed by atoms with van der Waals surface area (Å²) in [5, 5.41) is 0. The molecule has 0 spiro atoms. The standard InChI is InChI=1S/C16H17BrO5/c1-10(18)20-9-16-15(21-11(2)19)7-6-14(22-16)12-4-3-5-13(17)8-12/h3-8,14-16H,9H2,1-2H3. The molecule has 1 aliphatic rings. The molecule has 0 aliphatic carbocycles. The monoisotopic (exact) mass is 368 g/mol. The van der Waals surface area contributed by atoms with Gasteiger partial charge in [-0.25, -0.2) is 0 Å². The first-order valence-electron chi connectivity index (χ1n) is 6.85. The molecule has 0 fully saturated rings. The Hall–Kier alpha value is -1.66. The van der Waals surface area contributed by atoms with Crippen molar-refractivity contribution in [2.45, 2.75) is 32.2 Å². The number of rotatable bonds is 4. The quantitative estimate of drug-likeness (QED) is 0.603. The molecule has 2 rings (SSSR count). The molecule has 0 N–H and O–H groups in total. The molecule has 0 bridgehead atoms. The van der Waals surface area contributed by atoms with E-state index in [4.69, 9.17) is 14.2 Å². The zero-order chi connectivity index (χ0) is 16.1. The van der Waals surface area contributed by atoms with E-state index in [1.165, 1.54) is 13.8 Å². The van der Waals surface area contributed by atoms with Crippen molar-refractivity contribution < 1.29 is 23.8 Å². The van der Waals surface area contributed by atoms with E-state index >= 15 is 0 Å². The normalized spacial score (nSPS) is 23.9. The first-order valence-corrected chi connectivity index (χ1v) is 7.65. The van der Waals surface area contributed by atoms with Crippen LogP contribution in [-0.4, -0.2) is 30.8 Å². The second kappa shape index (κ2) is 7.56. The summed E-state index contributed by atoms with van der Waals surface area (Å²) in [6, 6.07) is 7.72. The van der Waals surface area contributed by atoms with Crippen LogP contribution < -0.4 is 0 Å². The minimum atomic E-state index is -0.569. The molecule has 0 saturated heterocycles. The topological polar surface area (TPSA) is 61.8 Å². The summed E-state index contributed by atoms with van der Waals surface area (Å²) >= 11 is 3.42. The fraction of sp³-hybridized carbons (Fsp3) is 0.375. The van der Waals surface area contributed by atoms with Crippen LogP contribution in [0.15, 0.2) is 40.9 Å². The zero-order valence-electron chi connectivity index (χ0n) is 12.3. The Morgan fingerprint density at radius 1 is 1.23 bits per heavy atom. The Balaban J connectivity index is 2.15. The van der Waals surface area contributed by atoms with Gasteiger partial charge in [-0.15, -0.1) is 0 Å². The van der Waals surface area contributed by atoms with Crippen molar-refractivity contribution in [2.75, 3.05) is 6.61 Å². The van der Waals surface area contributed by atoms with E-state index in [1.807, 2.05) is 30.3 Å². The van der Waals surface area contributed by atoms with Gasteiger partial charge in [-0.1, -0.05) is 34.1 Å². The minimum Gasteiger partial charge on any atom is -0.463 e. The summed E-state index contributed by atoms with van der Waals surface area (Å²) in [7, 11) is 0. The Bertz CT molecular complexity index is 584. The molecule has 6 heteroatoms.